The summed E-state index contributed by atoms with van der Waals surface area (Å²) in [7, 11) is 1.66. The zero-order chi connectivity index (χ0) is 16.7. The standard InChI is InChI=1S/C17H17N3O3S/c1-10-18-19-16(23-10)13-8-12(22-2)9-20(13)17(21)15-7-11-5-3-4-6-14(11)24-15/h3-7,12-13H,8-9H2,1-2H3/t12-,13+/m0/s1. The minimum atomic E-state index is -0.242. The first-order valence-electron chi connectivity index (χ1n) is 7.78. The van der Waals surface area contributed by atoms with Gasteiger partial charge in [0.25, 0.3) is 5.91 Å². The van der Waals surface area contributed by atoms with E-state index in [1.54, 1.807) is 18.9 Å². The van der Waals surface area contributed by atoms with Crippen molar-refractivity contribution in [3.8, 4) is 0 Å². The van der Waals surface area contributed by atoms with Crippen molar-refractivity contribution >= 4 is 27.3 Å². The summed E-state index contributed by atoms with van der Waals surface area (Å²) in [4.78, 5) is 15.6. The number of amides is 1. The molecular weight excluding hydrogens is 326 g/mol. The summed E-state index contributed by atoms with van der Waals surface area (Å²) in [5, 5.41) is 9.08. The lowest BCUT2D eigenvalue weighted by molar-refractivity contribution is 0.0678. The van der Waals surface area contributed by atoms with Crippen molar-refractivity contribution in [3.63, 3.8) is 0 Å². The van der Waals surface area contributed by atoms with Gasteiger partial charge in [0.2, 0.25) is 11.8 Å². The highest BCUT2D eigenvalue weighted by Crippen LogP contribution is 2.35. The van der Waals surface area contributed by atoms with Crippen LogP contribution in [-0.2, 0) is 4.74 Å². The summed E-state index contributed by atoms with van der Waals surface area (Å²) in [6.07, 6.45) is 0.634. The van der Waals surface area contributed by atoms with E-state index in [1.807, 2.05) is 30.3 Å². The Kier molecular flexibility index (Phi) is 3.82. The predicted octanol–water partition coefficient (Wildman–Crippen LogP) is 3.19. The van der Waals surface area contributed by atoms with Gasteiger partial charge in [0, 0.05) is 31.7 Å². The van der Waals surface area contributed by atoms with Crippen LogP contribution >= 0.6 is 11.3 Å². The number of thiophene rings is 1. The molecule has 0 unspecified atom stereocenters. The lowest BCUT2D eigenvalue weighted by atomic mass is 10.2. The number of methoxy groups -OCH3 is 1. The highest BCUT2D eigenvalue weighted by atomic mass is 32.1. The number of likely N-dealkylation sites (tertiary alicyclic amines) is 1. The molecule has 0 aliphatic carbocycles. The van der Waals surface area contributed by atoms with E-state index in [4.69, 9.17) is 9.15 Å². The fourth-order valence-corrected chi connectivity index (χ4v) is 4.12. The van der Waals surface area contributed by atoms with Gasteiger partial charge in [0.1, 0.15) is 6.04 Å². The monoisotopic (exact) mass is 343 g/mol. The van der Waals surface area contributed by atoms with Gasteiger partial charge in [0.05, 0.1) is 11.0 Å². The molecule has 6 nitrogen and oxygen atoms in total. The molecule has 7 heteroatoms. The molecule has 1 fully saturated rings. The Morgan fingerprint density at radius 2 is 2.21 bits per heavy atom. The van der Waals surface area contributed by atoms with Gasteiger partial charge < -0.3 is 14.1 Å². The third-order valence-corrected chi connectivity index (χ3v) is 5.42. The van der Waals surface area contributed by atoms with E-state index in [1.165, 1.54) is 11.3 Å². The van der Waals surface area contributed by atoms with Crippen molar-refractivity contribution in [2.45, 2.75) is 25.5 Å². The lowest BCUT2D eigenvalue weighted by Crippen LogP contribution is -2.31. The first-order chi connectivity index (χ1) is 11.7. The van der Waals surface area contributed by atoms with Gasteiger partial charge in [-0.15, -0.1) is 21.5 Å². The van der Waals surface area contributed by atoms with Crippen LogP contribution in [0.15, 0.2) is 34.7 Å². The van der Waals surface area contributed by atoms with Crippen molar-refractivity contribution in [3.05, 3.63) is 47.0 Å². The fraction of sp³-hybridized carbons (Fsp3) is 0.353. The molecular formula is C17H17N3O3S. The van der Waals surface area contributed by atoms with E-state index in [2.05, 4.69) is 10.2 Å². The van der Waals surface area contributed by atoms with Crippen LogP contribution in [0.4, 0.5) is 0 Å². The highest BCUT2D eigenvalue weighted by molar-refractivity contribution is 7.20. The van der Waals surface area contributed by atoms with E-state index >= 15 is 0 Å². The summed E-state index contributed by atoms with van der Waals surface area (Å²) in [6, 6.07) is 9.70. The molecule has 1 aliphatic rings. The second kappa shape index (κ2) is 5.99. The number of rotatable bonds is 3. The van der Waals surface area contributed by atoms with E-state index in [-0.39, 0.29) is 18.1 Å². The molecule has 24 heavy (non-hydrogen) atoms. The maximum absolute atomic E-state index is 13.1. The van der Waals surface area contributed by atoms with Gasteiger partial charge >= 0.3 is 0 Å². The number of carbonyl (C=O) groups excluding carboxylic acids is 1. The van der Waals surface area contributed by atoms with Gasteiger partial charge in [-0.3, -0.25) is 4.79 Å². The molecule has 2 atom stereocenters. The van der Waals surface area contributed by atoms with Crippen LogP contribution in [0.3, 0.4) is 0 Å². The van der Waals surface area contributed by atoms with Crippen LogP contribution in [0.1, 0.15) is 33.9 Å². The zero-order valence-electron chi connectivity index (χ0n) is 13.4. The number of hydrogen-bond donors (Lipinski definition) is 0. The average Bonchev–Trinajstić information content (AvgIpc) is 3.30. The number of hydrogen-bond acceptors (Lipinski definition) is 6. The second-order valence-corrected chi connectivity index (χ2v) is 6.96. The van der Waals surface area contributed by atoms with Crippen LogP contribution in [0.5, 0.6) is 0 Å². The number of benzene rings is 1. The molecule has 124 valence electrons. The molecule has 3 heterocycles. The molecule has 4 rings (SSSR count). The molecule has 0 N–H and O–H groups in total. The van der Waals surface area contributed by atoms with Crippen molar-refractivity contribution < 1.29 is 13.9 Å². The summed E-state index contributed by atoms with van der Waals surface area (Å²) in [6.45, 7) is 2.27. The maximum atomic E-state index is 13.1. The van der Waals surface area contributed by atoms with Crippen molar-refractivity contribution in [2.75, 3.05) is 13.7 Å². The van der Waals surface area contributed by atoms with Crippen LogP contribution in [0.25, 0.3) is 10.1 Å². The Morgan fingerprint density at radius 1 is 1.38 bits per heavy atom. The minimum absolute atomic E-state index is 0.0170. The van der Waals surface area contributed by atoms with Crippen molar-refractivity contribution in [1.82, 2.24) is 15.1 Å². The number of aromatic nitrogens is 2. The number of fused-ring (bicyclic) bond motifs is 1. The number of carbonyl (C=O) groups is 1. The smallest absolute Gasteiger partial charge is 0.264 e. The van der Waals surface area contributed by atoms with Crippen LogP contribution in [0, 0.1) is 6.92 Å². The highest BCUT2D eigenvalue weighted by Gasteiger charge is 2.40. The van der Waals surface area contributed by atoms with Gasteiger partial charge in [-0.05, 0) is 17.5 Å². The third kappa shape index (κ3) is 2.59. The summed E-state index contributed by atoms with van der Waals surface area (Å²) in [5.74, 6) is 0.957. The summed E-state index contributed by atoms with van der Waals surface area (Å²) in [5.41, 5.74) is 0. The van der Waals surface area contributed by atoms with Gasteiger partial charge in [0.15, 0.2) is 0 Å². The Labute approximate surface area is 143 Å². The first-order valence-corrected chi connectivity index (χ1v) is 8.59. The Hall–Kier alpha value is -2.25. The zero-order valence-corrected chi connectivity index (χ0v) is 14.2. The molecule has 0 spiro atoms. The number of nitrogens with zero attached hydrogens (tertiary/aromatic N) is 3. The Balaban J connectivity index is 1.67. The van der Waals surface area contributed by atoms with Crippen LogP contribution < -0.4 is 0 Å². The van der Waals surface area contributed by atoms with Crippen LogP contribution in [-0.4, -0.2) is 40.8 Å². The fourth-order valence-electron chi connectivity index (χ4n) is 3.10. The maximum Gasteiger partial charge on any atom is 0.264 e. The largest absolute Gasteiger partial charge is 0.423 e. The van der Waals surface area contributed by atoms with Crippen molar-refractivity contribution in [2.24, 2.45) is 0 Å². The SMILES string of the molecule is CO[C@H]1C[C@H](c2nnc(C)o2)N(C(=O)c2cc3ccccc3s2)C1. The number of aryl methyl sites for hydroxylation is 1. The van der Waals surface area contributed by atoms with Crippen LogP contribution in [0.2, 0.25) is 0 Å². The normalized spacial score (nSPS) is 20.8. The molecule has 1 saturated heterocycles. The molecule has 1 aromatic carbocycles. The summed E-state index contributed by atoms with van der Waals surface area (Å²) < 4.78 is 12.1. The van der Waals surface area contributed by atoms with E-state index in [0.717, 1.165) is 10.1 Å². The summed E-state index contributed by atoms with van der Waals surface area (Å²) >= 11 is 1.50. The third-order valence-electron chi connectivity index (χ3n) is 4.32. The van der Waals surface area contributed by atoms with Gasteiger partial charge in [-0.1, -0.05) is 18.2 Å². The van der Waals surface area contributed by atoms with E-state index in [0.29, 0.717) is 29.6 Å². The predicted molar refractivity (Wildman–Crippen MR) is 90.1 cm³/mol. The minimum Gasteiger partial charge on any atom is -0.423 e. The molecule has 0 saturated carbocycles. The Morgan fingerprint density at radius 3 is 2.92 bits per heavy atom. The molecule has 0 bridgehead atoms. The Bertz CT molecular complexity index is 855. The molecule has 3 aromatic rings. The van der Waals surface area contributed by atoms with E-state index < -0.39 is 0 Å². The van der Waals surface area contributed by atoms with Crippen molar-refractivity contribution in [1.29, 1.82) is 0 Å². The molecule has 0 radical (unpaired) electrons. The molecule has 2 aromatic heterocycles. The van der Waals surface area contributed by atoms with E-state index in [9.17, 15) is 4.79 Å². The lowest BCUT2D eigenvalue weighted by Gasteiger charge is -2.20. The first kappa shape index (κ1) is 15.3. The topological polar surface area (TPSA) is 68.5 Å². The number of ether oxygens (including phenoxy) is 1. The van der Waals surface area contributed by atoms with Gasteiger partial charge in [-0.2, -0.15) is 0 Å². The molecule has 1 amide bonds. The molecule has 1 aliphatic heterocycles. The second-order valence-electron chi connectivity index (χ2n) is 5.87. The van der Waals surface area contributed by atoms with Gasteiger partial charge in [-0.25, -0.2) is 0 Å². The quantitative estimate of drug-likeness (QED) is 0.730. The average molecular weight is 343 g/mol.